The molecule has 160 valence electrons. The van der Waals surface area contributed by atoms with E-state index in [1.54, 1.807) is 24.3 Å². The standard InChI is InChI=1S/C22H28N4O3S/c1-17(16-20-6-4-3-5-7-20)25-14-15-26(22(25)23)30(28,29)21-10-8-19(9-11-21)12-13-24-18(2)27/h3-11,17,23H,12-16H2,1-2H3,(H,24,27). The van der Waals surface area contributed by atoms with Gasteiger partial charge in [-0.1, -0.05) is 42.5 Å². The third-order valence-corrected chi connectivity index (χ3v) is 7.06. The van der Waals surface area contributed by atoms with Crippen LogP contribution in [0, 0.1) is 5.41 Å². The minimum Gasteiger partial charge on any atom is -0.356 e. The lowest BCUT2D eigenvalue weighted by atomic mass is 10.1. The highest BCUT2D eigenvalue weighted by Crippen LogP contribution is 2.23. The highest BCUT2D eigenvalue weighted by atomic mass is 32.2. The number of nitrogens with one attached hydrogen (secondary N) is 2. The van der Waals surface area contributed by atoms with E-state index in [2.05, 4.69) is 5.32 Å². The minimum atomic E-state index is -3.78. The van der Waals surface area contributed by atoms with Crippen molar-refractivity contribution >= 4 is 21.9 Å². The van der Waals surface area contributed by atoms with Crippen molar-refractivity contribution in [2.45, 2.75) is 37.6 Å². The number of carbonyl (C=O) groups excluding carboxylic acids is 1. The van der Waals surface area contributed by atoms with E-state index in [9.17, 15) is 13.2 Å². The predicted molar refractivity (Wildman–Crippen MR) is 117 cm³/mol. The van der Waals surface area contributed by atoms with Crippen LogP contribution in [-0.4, -0.2) is 55.2 Å². The summed E-state index contributed by atoms with van der Waals surface area (Å²) in [4.78, 5) is 13.0. The Labute approximate surface area is 178 Å². The van der Waals surface area contributed by atoms with E-state index in [-0.39, 0.29) is 29.3 Å². The Balaban J connectivity index is 1.66. The van der Waals surface area contributed by atoms with Crippen LogP contribution < -0.4 is 5.32 Å². The van der Waals surface area contributed by atoms with Gasteiger partial charge in [-0.3, -0.25) is 10.2 Å². The average molecular weight is 429 g/mol. The fourth-order valence-corrected chi connectivity index (χ4v) is 5.01. The molecule has 1 amide bonds. The van der Waals surface area contributed by atoms with Crippen LogP contribution in [0.1, 0.15) is 25.0 Å². The summed E-state index contributed by atoms with van der Waals surface area (Å²) in [6.07, 6.45) is 1.38. The van der Waals surface area contributed by atoms with Crippen molar-refractivity contribution < 1.29 is 13.2 Å². The molecule has 0 aliphatic carbocycles. The maximum absolute atomic E-state index is 13.1. The van der Waals surface area contributed by atoms with Gasteiger partial charge in [0.05, 0.1) is 11.4 Å². The first-order chi connectivity index (χ1) is 14.3. The van der Waals surface area contributed by atoms with Gasteiger partial charge in [0.1, 0.15) is 0 Å². The molecular weight excluding hydrogens is 400 g/mol. The first-order valence-corrected chi connectivity index (χ1v) is 11.5. The van der Waals surface area contributed by atoms with Gasteiger partial charge >= 0.3 is 0 Å². The lowest BCUT2D eigenvalue weighted by Gasteiger charge is -2.27. The maximum Gasteiger partial charge on any atom is 0.266 e. The molecule has 8 heteroatoms. The van der Waals surface area contributed by atoms with Crippen molar-refractivity contribution in [3.8, 4) is 0 Å². The zero-order chi connectivity index (χ0) is 21.7. The van der Waals surface area contributed by atoms with Gasteiger partial charge in [-0.2, -0.15) is 0 Å². The number of nitrogens with zero attached hydrogens (tertiary/aromatic N) is 2. The Bertz CT molecular complexity index is 991. The molecule has 1 aliphatic rings. The van der Waals surface area contributed by atoms with Crippen LogP contribution in [0.15, 0.2) is 59.5 Å². The van der Waals surface area contributed by atoms with Crippen molar-refractivity contribution in [3.05, 3.63) is 65.7 Å². The van der Waals surface area contributed by atoms with Crippen molar-refractivity contribution in [3.63, 3.8) is 0 Å². The number of guanidine groups is 1. The molecule has 2 aromatic rings. The number of rotatable bonds is 8. The Morgan fingerprint density at radius 3 is 2.37 bits per heavy atom. The molecule has 3 rings (SSSR count). The van der Waals surface area contributed by atoms with Gasteiger partial charge < -0.3 is 10.2 Å². The molecule has 2 aromatic carbocycles. The van der Waals surface area contributed by atoms with E-state index in [0.717, 1.165) is 17.5 Å². The smallest absolute Gasteiger partial charge is 0.266 e. The molecule has 1 atom stereocenters. The van der Waals surface area contributed by atoms with Crippen LogP contribution in [0.25, 0.3) is 0 Å². The van der Waals surface area contributed by atoms with E-state index >= 15 is 0 Å². The SMILES string of the molecule is CC(=O)NCCc1ccc(S(=O)(=O)N2CCN(C(C)Cc3ccccc3)C2=N)cc1. The monoisotopic (exact) mass is 428 g/mol. The Morgan fingerprint density at radius 2 is 1.73 bits per heavy atom. The predicted octanol–water partition coefficient (Wildman–Crippen LogP) is 2.24. The minimum absolute atomic E-state index is 0.0214. The third-order valence-electron chi connectivity index (χ3n) is 5.26. The molecule has 1 aliphatic heterocycles. The summed E-state index contributed by atoms with van der Waals surface area (Å²) >= 11 is 0. The number of carbonyl (C=O) groups is 1. The summed E-state index contributed by atoms with van der Waals surface area (Å²) in [5.74, 6) is -0.0686. The van der Waals surface area contributed by atoms with Crippen molar-refractivity contribution in [2.75, 3.05) is 19.6 Å². The van der Waals surface area contributed by atoms with Crippen molar-refractivity contribution in [2.24, 2.45) is 0 Å². The molecule has 2 N–H and O–H groups in total. The highest BCUT2D eigenvalue weighted by molar-refractivity contribution is 7.89. The van der Waals surface area contributed by atoms with Gasteiger partial charge in [-0.05, 0) is 43.0 Å². The van der Waals surface area contributed by atoms with E-state index < -0.39 is 10.0 Å². The van der Waals surface area contributed by atoms with Gasteiger partial charge in [0.25, 0.3) is 10.0 Å². The third kappa shape index (κ3) is 4.99. The number of sulfonamides is 1. The van der Waals surface area contributed by atoms with Crippen LogP contribution in [0.4, 0.5) is 0 Å². The zero-order valence-corrected chi connectivity index (χ0v) is 18.2. The van der Waals surface area contributed by atoms with Crippen LogP contribution in [0.2, 0.25) is 0 Å². The molecule has 0 saturated carbocycles. The lowest BCUT2D eigenvalue weighted by Crippen LogP contribution is -2.41. The first-order valence-electron chi connectivity index (χ1n) is 10.0. The van der Waals surface area contributed by atoms with Gasteiger partial charge in [-0.25, -0.2) is 12.7 Å². The molecule has 1 heterocycles. The maximum atomic E-state index is 13.1. The molecule has 7 nitrogen and oxygen atoms in total. The van der Waals surface area contributed by atoms with E-state index in [4.69, 9.17) is 5.41 Å². The van der Waals surface area contributed by atoms with Crippen LogP contribution in [-0.2, 0) is 27.7 Å². The molecule has 0 bridgehead atoms. The Kier molecular flexibility index (Phi) is 6.77. The quantitative estimate of drug-likeness (QED) is 0.674. The average Bonchev–Trinajstić information content (AvgIpc) is 3.11. The number of amides is 1. The first kappa shape index (κ1) is 21.8. The second-order valence-corrected chi connectivity index (χ2v) is 9.37. The number of hydrogen-bond acceptors (Lipinski definition) is 4. The topological polar surface area (TPSA) is 93.6 Å². The van der Waals surface area contributed by atoms with Gasteiger partial charge in [-0.15, -0.1) is 0 Å². The Morgan fingerprint density at radius 1 is 1.07 bits per heavy atom. The fourth-order valence-electron chi connectivity index (χ4n) is 3.62. The Hall–Kier alpha value is -2.87. The molecule has 1 saturated heterocycles. The molecule has 30 heavy (non-hydrogen) atoms. The lowest BCUT2D eigenvalue weighted by molar-refractivity contribution is -0.118. The normalized spacial score (nSPS) is 15.3. The molecule has 1 fully saturated rings. The summed E-state index contributed by atoms with van der Waals surface area (Å²) in [5.41, 5.74) is 2.10. The summed E-state index contributed by atoms with van der Waals surface area (Å²) in [6, 6.07) is 16.7. The summed E-state index contributed by atoms with van der Waals surface area (Å²) < 4.78 is 27.4. The largest absolute Gasteiger partial charge is 0.356 e. The second-order valence-electron chi connectivity index (χ2n) is 7.51. The summed E-state index contributed by atoms with van der Waals surface area (Å²) in [5, 5.41) is 11.2. The van der Waals surface area contributed by atoms with Gasteiger partial charge in [0.15, 0.2) is 0 Å². The van der Waals surface area contributed by atoms with Crippen LogP contribution in [0.3, 0.4) is 0 Å². The van der Waals surface area contributed by atoms with E-state index in [1.807, 2.05) is 42.2 Å². The van der Waals surface area contributed by atoms with Crippen LogP contribution in [0.5, 0.6) is 0 Å². The van der Waals surface area contributed by atoms with E-state index in [0.29, 0.717) is 19.5 Å². The van der Waals surface area contributed by atoms with Gasteiger partial charge in [0, 0.05) is 26.1 Å². The van der Waals surface area contributed by atoms with E-state index in [1.165, 1.54) is 11.2 Å². The highest BCUT2D eigenvalue weighted by Gasteiger charge is 2.37. The number of benzene rings is 2. The second kappa shape index (κ2) is 9.30. The van der Waals surface area contributed by atoms with Crippen molar-refractivity contribution in [1.29, 1.82) is 5.41 Å². The molecular formula is C22H28N4O3S. The summed E-state index contributed by atoms with van der Waals surface area (Å²) in [7, 11) is -3.78. The van der Waals surface area contributed by atoms with Crippen LogP contribution >= 0.6 is 0 Å². The molecule has 1 unspecified atom stereocenters. The summed E-state index contributed by atoms with van der Waals surface area (Å²) in [6.45, 7) is 4.75. The van der Waals surface area contributed by atoms with Crippen molar-refractivity contribution in [1.82, 2.24) is 14.5 Å². The van der Waals surface area contributed by atoms with Gasteiger partial charge in [0.2, 0.25) is 11.9 Å². The zero-order valence-electron chi connectivity index (χ0n) is 17.3. The number of hydrogen-bond donors (Lipinski definition) is 2. The molecule has 0 aromatic heterocycles. The molecule has 0 spiro atoms. The molecule has 0 radical (unpaired) electrons. The fraction of sp³-hybridized carbons (Fsp3) is 0.364.